The Balaban J connectivity index is 1.53. The van der Waals surface area contributed by atoms with Gasteiger partial charge in [-0.05, 0) is 68.8 Å². The van der Waals surface area contributed by atoms with Crippen LogP contribution in [-0.2, 0) is 15.9 Å². The number of methoxy groups -OCH3 is 2. The van der Waals surface area contributed by atoms with E-state index in [1.54, 1.807) is 14.2 Å². The maximum atomic E-state index is 8.51. The summed E-state index contributed by atoms with van der Waals surface area (Å²) in [6, 6.07) is 76.4. The highest BCUT2D eigenvalue weighted by atomic mass is 16.5. The molecular formula is C52H42O3. The summed E-state index contributed by atoms with van der Waals surface area (Å²) in [5.74, 6) is 1.61. The van der Waals surface area contributed by atoms with Crippen LogP contribution in [0.5, 0.6) is 11.5 Å². The smallest absolute Gasteiger partial charge is 0.146 e. The summed E-state index contributed by atoms with van der Waals surface area (Å²) < 4.78 is 19.7. The Morgan fingerprint density at radius 2 is 0.564 bits per heavy atom. The molecule has 3 nitrogen and oxygen atoms in total. The second kappa shape index (κ2) is 15.7. The van der Waals surface area contributed by atoms with Crippen LogP contribution < -0.4 is 9.47 Å². The molecule has 0 atom stereocenters. The maximum Gasteiger partial charge on any atom is 0.146 e. The molecule has 0 saturated carbocycles. The van der Waals surface area contributed by atoms with E-state index in [2.05, 4.69) is 194 Å². The topological polar surface area (TPSA) is 27.7 Å². The molecule has 0 unspecified atom stereocenters. The van der Waals surface area contributed by atoms with Gasteiger partial charge in [-0.3, -0.25) is 0 Å². The summed E-state index contributed by atoms with van der Waals surface area (Å²) in [7, 11) is 3.40. The Bertz CT molecular complexity index is 2190. The van der Waals surface area contributed by atoms with Crippen molar-refractivity contribution in [2.24, 2.45) is 0 Å². The second-order valence-electron chi connectivity index (χ2n) is 13.5. The van der Waals surface area contributed by atoms with E-state index in [0.29, 0.717) is 0 Å². The molecule has 8 rings (SSSR count). The monoisotopic (exact) mass is 714 g/mol. The molecule has 0 aliphatic heterocycles. The maximum absolute atomic E-state index is 8.51. The van der Waals surface area contributed by atoms with E-state index in [-0.39, 0.29) is 0 Å². The molecule has 268 valence electrons. The molecule has 0 aromatic heterocycles. The minimum atomic E-state index is -1.16. The van der Waals surface area contributed by atoms with E-state index >= 15 is 0 Å². The van der Waals surface area contributed by atoms with Gasteiger partial charge in [0.25, 0.3) is 0 Å². The average molecular weight is 715 g/mol. The van der Waals surface area contributed by atoms with Crippen LogP contribution in [0.2, 0.25) is 0 Å². The molecule has 3 heteroatoms. The van der Waals surface area contributed by atoms with E-state index in [0.717, 1.165) is 67.1 Å². The van der Waals surface area contributed by atoms with Crippen molar-refractivity contribution in [2.75, 3.05) is 14.2 Å². The highest BCUT2D eigenvalue weighted by Crippen LogP contribution is 2.54. The van der Waals surface area contributed by atoms with Gasteiger partial charge in [0.15, 0.2) is 0 Å². The Morgan fingerprint density at radius 1 is 0.291 bits per heavy atom. The van der Waals surface area contributed by atoms with Gasteiger partial charge in [0.05, 0.1) is 14.2 Å². The van der Waals surface area contributed by atoms with Crippen molar-refractivity contribution in [3.63, 3.8) is 0 Å². The van der Waals surface area contributed by atoms with Crippen molar-refractivity contribution in [1.29, 1.82) is 0 Å². The van der Waals surface area contributed by atoms with E-state index in [9.17, 15) is 0 Å². The average Bonchev–Trinajstić information content (AvgIpc) is 3.28. The van der Waals surface area contributed by atoms with E-state index in [4.69, 9.17) is 14.2 Å². The molecule has 8 aromatic rings. The summed E-state index contributed by atoms with van der Waals surface area (Å²) in [4.78, 5) is 0. The summed E-state index contributed by atoms with van der Waals surface area (Å²) >= 11 is 0. The Morgan fingerprint density at radius 3 is 0.855 bits per heavy atom. The van der Waals surface area contributed by atoms with Crippen molar-refractivity contribution in [3.05, 3.63) is 252 Å². The van der Waals surface area contributed by atoms with Crippen LogP contribution in [0.1, 0.15) is 33.4 Å². The molecule has 0 N–H and O–H groups in total. The van der Waals surface area contributed by atoms with E-state index in [1.807, 2.05) is 24.3 Å². The number of ether oxygens (including phenoxy) is 3. The van der Waals surface area contributed by atoms with Gasteiger partial charge in [-0.1, -0.05) is 194 Å². The molecule has 0 fully saturated rings. The third-order valence-electron chi connectivity index (χ3n) is 10.4. The van der Waals surface area contributed by atoms with Gasteiger partial charge in [-0.2, -0.15) is 0 Å². The molecule has 8 aromatic carbocycles. The fourth-order valence-electron chi connectivity index (χ4n) is 7.85. The molecule has 0 saturated heterocycles. The minimum Gasteiger partial charge on any atom is -0.497 e. The first-order valence-electron chi connectivity index (χ1n) is 18.6. The standard InChI is InChI=1S/C52H42O3/c1-53-45-35-31-39(32-36-45)47-27-15-17-29-49(47)51(41-19-7-3-8-20-41,42-21-9-4-10-22-42)55-52(43-23-11-5-12-24-43,44-25-13-6-14-26-44)50-30-18-16-28-48(50)40-33-37-46(54-2)38-34-40/h3-38H,1-2H3. The lowest BCUT2D eigenvalue weighted by atomic mass is 9.72. The molecule has 0 heterocycles. The second-order valence-corrected chi connectivity index (χ2v) is 13.5. The zero-order valence-electron chi connectivity index (χ0n) is 31.0. The van der Waals surface area contributed by atoms with E-state index in [1.165, 1.54) is 0 Å². The van der Waals surface area contributed by atoms with Crippen LogP contribution in [0.3, 0.4) is 0 Å². The molecule has 0 radical (unpaired) electrons. The van der Waals surface area contributed by atoms with Gasteiger partial charge >= 0.3 is 0 Å². The first kappa shape index (κ1) is 35.4. The van der Waals surface area contributed by atoms with Crippen LogP contribution in [0, 0.1) is 0 Å². The lowest BCUT2D eigenvalue weighted by molar-refractivity contribution is -0.0804. The number of hydrogen-bond donors (Lipinski definition) is 0. The summed E-state index contributed by atoms with van der Waals surface area (Å²) in [5, 5.41) is 0. The quantitative estimate of drug-likeness (QED) is 0.118. The van der Waals surface area contributed by atoms with Crippen molar-refractivity contribution < 1.29 is 14.2 Å². The highest BCUT2D eigenvalue weighted by molar-refractivity contribution is 5.74. The normalized spacial score (nSPS) is 11.5. The third-order valence-corrected chi connectivity index (χ3v) is 10.4. The summed E-state index contributed by atoms with van der Waals surface area (Å²) in [6.07, 6.45) is 0. The van der Waals surface area contributed by atoms with Crippen LogP contribution in [-0.4, -0.2) is 14.2 Å². The largest absolute Gasteiger partial charge is 0.497 e. The van der Waals surface area contributed by atoms with Gasteiger partial charge in [-0.15, -0.1) is 0 Å². The van der Waals surface area contributed by atoms with Crippen LogP contribution >= 0.6 is 0 Å². The molecule has 0 aliphatic rings. The van der Waals surface area contributed by atoms with Gasteiger partial charge in [0.2, 0.25) is 0 Å². The van der Waals surface area contributed by atoms with E-state index < -0.39 is 11.2 Å². The Labute approximate surface area is 324 Å². The molecule has 55 heavy (non-hydrogen) atoms. The summed E-state index contributed by atoms with van der Waals surface area (Å²) in [5.41, 5.74) is 7.93. The lowest BCUT2D eigenvalue weighted by Gasteiger charge is -2.47. The molecule has 0 spiro atoms. The first-order chi connectivity index (χ1) is 27.2. The van der Waals surface area contributed by atoms with Crippen LogP contribution in [0.4, 0.5) is 0 Å². The Hall–Kier alpha value is -6.68. The third kappa shape index (κ3) is 6.60. The van der Waals surface area contributed by atoms with Gasteiger partial charge in [0, 0.05) is 11.1 Å². The predicted molar refractivity (Wildman–Crippen MR) is 223 cm³/mol. The predicted octanol–water partition coefficient (Wildman–Crippen LogP) is 12.3. The highest BCUT2D eigenvalue weighted by Gasteiger charge is 2.50. The van der Waals surface area contributed by atoms with Crippen molar-refractivity contribution >= 4 is 0 Å². The number of benzene rings is 8. The van der Waals surface area contributed by atoms with Gasteiger partial charge in [-0.25, -0.2) is 0 Å². The molecular weight excluding hydrogens is 673 g/mol. The number of hydrogen-bond acceptors (Lipinski definition) is 3. The zero-order chi connectivity index (χ0) is 37.5. The number of rotatable bonds is 12. The zero-order valence-corrected chi connectivity index (χ0v) is 31.0. The summed E-state index contributed by atoms with van der Waals surface area (Å²) in [6.45, 7) is 0. The molecule has 0 aliphatic carbocycles. The van der Waals surface area contributed by atoms with Crippen molar-refractivity contribution in [2.45, 2.75) is 11.2 Å². The molecule has 0 bridgehead atoms. The van der Waals surface area contributed by atoms with Gasteiger partial charge < -0.3 is 14.2 Å². The van der Waals surface area contributed by atoms with Crippen molar-refractivity contribution in [1.82, 2.24) is 0 Å². The molecule has 0 amide bonds. The minimum absolute atomic E-state index is 0.803. The SMILES string of the molecule is COc1ccc(-c2ccccc2C(OC(c2ccccc2)(c2ccccc2)c2ccccc2-c2ccc(OC)cc2)(c2ccccc2)c2ccccc2)cc1. The Kier molecular flexibility index (Phi) is 10.1. The van der Waals surface area contributed by atoms with Crippen LogP contribution in [0.25, 0.3) is 22.3 Å². The first-order valence-corrected chi connectivity index (χ1v) is 18.6. The fourth-order valence-corrected chi connectivity index (χ4v) is 7.85. The van der Waals surface area contributed by atoms with Crippen LogP contribution in [0.15, 0.2) is 218 Å². The van der Waals surface area contributed by atoms with Crippen molar-refractivity contribution in [3.8, 4) is 33.8 Å². The van der Waals surface area contributed by atoms with Gasteiger partial charge in [0.1, 0.15) is 22.7 Å². The fraction of sp³-hybridized carbons (Fsp3) is 0.0769. The lowest BCUT2D eigenvalue weighted by Crippen LogP contribution is -2.45.